The predicted octanol–water partition coefficient (Wildman–Crippen LogP) is 3.97. The number of aryl methyl sites for hydroxylation is 3. The third kappa shape index (κ3) is 4.19. The minimum absolute atomic E-state index is 0.836. The molecule has 0 saturated carbocycles. The van der Waals surface area contributed by atoms with Gasteiger partial charge in [-0.15, -0.1) is 0 Å². The van der Waals surface area contributed by atoms with Crippen molar-refractivity contribution in [2.45, 2.75) is 47.0 Å². The van der Waals surface area contributed by atoms with Gasteiger partial charge in [0.05, 0.1) is 5.70 Å². The van der Waals surface area contributed by atoms with E-state index < -0.39 is 0 Å². The SMILES string of the molecule is C=c1cc(CC)c(CC)c/c1=C(Cc1cccc(C)c1)/N=C\C. The first-order chi connectivity index (χ1) is 11.1. The Hall–Kier alpha value is -2.15. The molecule has 0 amide bonds. The van der Waals surface area contributed by atoms with Crippen molar-refractivity contribution in [2.24, 2.45) is 4.99 Å². The van der Waals surface area contributed by atoms with Crippen LogP contribution in [0.3, 0.4) is 0 Å². The molecule has 2 rings (SSSR count). The van der Waals surface area contributed by atoms with E-state index in [9.17, 15) is 0 Å². The van der Waals surface area contributed by atoms with Gasteiger partial charge in [0.1, 0.15) is 0 Å². The Balaban J connectivity index is 2.63. The third-order valence-electron chi connectivity index (χ3n) is 4.24. The molecule has 0 saturated heterocycles. The third-order valence-corrected chi connectivity index (χ3v) is 4.24. The highest BCUT2D eigenvalue weighted by atomic mass is 14.7. The minimum atomic E-state index is 0.836. The van der Waals surface area contributed by atoms with E-state index in [0.717, 1.165) is 30.2 Å². The van der Waals surface area contributed by atoms with Crippen LogP contribution in [0.4, 0.5) is 0 Å². The van der Waals surface area contributed by atoms with E-state index in [1.807, 2.05) is 13.1 Å². The number of nitrogens with zero attached hydrogens (tertiary/aromatic N) is 1. The second-order valence-electron chi connectivity index (χ2n) is 5.98. The number of benzene rings is 2. The van der Waals surface area contributed by atoms with Crippen molar-refractivity contribution in [3.8, 4) is 0 Å². The van der Waals surface area contributed by atoms with Gasteiger partial charge in [-0.05, 0) is 54.7 Å². The van der Waals surface area contributed by atoms with E-state index in [1.54, 1.807) is 0 Å². The lowest BCUT2D eigenvalue weighted by Gasteiger charge is -2.09. The van der Waals surface area contributed by atoms with Crippen LogP contribution < -0.4 is 10.4 Å². The summed E-state index contributed by atoms with van der Waals surface area (Å²) < 4.78 is 0. The van der Waals surface area contributed by atoms with Crippen LogP contribution in [-0.4, -0.2) is 6.21 Å². The van der Waals surface area contributed by atoms with Crippen LogP contribution in [0.5, 0.6) is 0 Å². The summed E-state index contributed by atoms with van der Waals surface area (Å²) >= 11 is 0. The van der Waals surface area contributed by atoms with Crippen LogP contribution in [0.25, 0.3) is 12.3 Å². The van der Waals surface area contributed by atoms with Crippen molar-refractivity contribution in [1.82, 2.24) is 0 Å². The highest BCUT2D eigenvalue weighted by Crippen LogP contribution is 2.12. The minimum Gasteiger partial charge on any atom is -0.265 e. The van der Waals surface area contributed by atoms with Gasteiger partial charge in [0.15, 0.2) is 0 Å². The fraction of sp³-hybridized carbons (Fsp3) is 0.318. The molecule has 0 aliphatic carbocycles. The Morgan fingerprint density at radius 2 is 1.78 bits per heavy atom. The molecule has 0 aromatic heterocycles. The summed E-state index contributed by atoms with van der Waals surface area (Å²) in [5, 5.41) is 2.26. The van der Waals surface area contributed by atoms with Crippen LogP contribution in [0.2, 0.25) is 0 Å². The summed E-state index contributed by atoms with van der Waals surface area (Å²) in [4.78, 5) is 4.66. The molecule has 0 unspecified atom stereocenters. The average molecular weight is 305 g/mol. The summed E-state index contributed by atoms with van der Waals surface area (Å²) in [5.41, 5.74) is 6.48. The van der Waals surface area contributed by atoms with Crippen LogP contribution >= 0.6 is 0 Å². The maximum absolute atomic E-state index is 4.66. The Bertz CT molecular complexity index is 812. The molecule has 0 heterocycles. The second-order valence-corrected chi connectivity index (χ2v) is 5.98. The van der Waals surface area contributed by atoms with E-state index in [1.165, 1.54) is 27.5 Å². The summed E-state index contributed by atoms with van der Waals surface area (Å²) in [6.07, 6.45) is 4.81. The lowest BCUT2D eigenvalue weighted by Crippen LogP contribution is -2.28. The van der Waals surface area contributed by atoms with Crippen molar-refractivity contribution in [1.29, 1.82) is 0 Å². The van der Waals surface area contributed by atoms with Gasteiger partial charge in [-0.2, -0.15) is 0 Å². The van der Waals surface area contributed by atoms with Crippen molar-refractivity contribution in [3.05, 3.63) is 69.1 Å². The summed E-state index contributed by atoms with van der Waals surface area (Å²) in [5.74, 6) is 0. The molecule has 1 heteroatoms. The predicted molar refractivity (Wildman–Crippen MR) is 102 cm³/mol. The molecular formula is C22H27N. The average Bonchev–Trinajstić information content (AvgIpc) is 2.54. The number of hydrogen-bond acceptors (Lipinski definition) is 1. The standard InChI is InChI=1S/C22H27N/c1-6-19-13-17(5)21(15-20(19)7-2)22(23-8-3)14-18-11-9-10-16(4)12-18/h8-13,15H,5-7,14H2,1-4H3/b22-21-,23-8-. The van der Waals surface area contributed by atoms with Gasteiger partial charge in [0, 0.05) is 17.9 Å². The molecule has 0 N–H and O–H groups in total. The molecule has 120 valence electrons. The Morgan fingerprint density at radius 3 is 2.39 bits per heavy atom. The van der Waals surface area contributed by atoms with Crippen molar-refractivity contribution in [2.75, 3.05) is 0 Å². The van der Waals surface area contributed by atoms with Gasteiger partial charge in [-0.25, -0.2) is 0 Å². The topological polar surface area (TPSA) is 12.4 Å². The Labute approximate surface area is 140 Å². The monoisotopic (exact) mass is 305 g/mol. The maximum Gasteiger partial charge on any atom is 0.0521 e. The fourth-order valence-corrected chi connectivity index (χ4v) is 3.05. The molecule has 23 heavy (non-hydrogen) atoms. The van der Waals surface area contributed by atoms with Crippen LogP contribution in [0.15, 0.2) is 41.4 Å². The first kappa shape index (κ1) is 17.2. The molecular weight excluding hydrogens is 278 g/mol. The molecule has 0 aliphatic heterocycles. The normalized spacial score (nSPS) is 12.7. The second kappa shape index (κ2) is 7.92. The number of rotatable bonds is 5. The van der Waals surface area contributed by atoms with Gasteiger partial charge in [0.2, 0.25) is 0 Å². The van der Waals surface area contributed by atoms with Crippen LogP contribution in [-0.2, 0) is 19.3 Å². The molecule has 0 fully saturated rings. The smallest absolute Gasteiger partial charge is 0.0521 e. The maximum atomic E-state index is 4.66. The molecule has 0 radical (unpaired) electrons. The Kier molecular flexibility index (Phi) is 5.92. The number of hydrogen-bond donors (Lipinski definition) is 0. The van der Waals surface area contributed by atoms with Gasteiger partial charge >= 0.3 is 0 Å². The van der Waals surface area contributed by atoms with E-state index >= 15 is 0 Å². The van der Waals surface area contributed by atoms with E-state index in [4.69, 9.17) is 0 Å². The summed E-state index contributed by atoms with van der Waals surface area (Å²) in [6, 6.07) is 13.2. The van der Waals surface area contributed by atoms with Crippen LogP contribution in [0.1, 0.15) is 43.0 Å². The zero-order valence-corrected chi connectivity index (χ0v) is 14.8. The molecule has 0 aliphatic rings. The quantitative estimate of drug-likeness (QED) is 0.741. The van der Waals surface area contributed by atoms with Gasteiger partial charge in [-0.1, -0.05) is 56.3 Å². The lowest BCUT2D eigenvalue weighted by atomic mass is 9.98. The molecule has 0 spiro atoms. The van der Waals surface area contributed by atoms with E-state index in [-0.39, 0.29) is 0 Å². The van der Waals surface area contributed by atoms with E-state index in [0.29, 0.717) is 0 Å². The van der Waals surface area contributed by atoms with E-state index in [2.05, 4.69) is 68.7 Å². The number of aliphatic imine (C=N–C) groups is 1. The molecule has 2 aromatic rings. The first-order valence-corrected chi connectivity index (χ1v) is 8.47. The largest absolute Gasteiger partial charge is 0.265 e. The highest BCUT2D eigenvalue weighted by molar-refractivity contribution is 5.64. The molecule has 0 bridgehead atoms. The van der Waals surface area contributed by atoms with Crippen LogP contribution in [0, 0.1) is 6.92 Å². The highest BCUT2D eigenvalue weighted by Gasteiger charge is 2.04. The van der Waals surface area contributed by atoms with Gasteiger partial charge in [-0.3, -0.25) is 4.99 Å². The fourth-order valence-electron chi connectivity index (χ4n) is 3.05. The van der Waals surface area contributed by atoms with Crippen molar-refractivity contribution >= 4 is 18.5 Å². The molecule has 1 nitrogen and oxygen atoms in total. The zero-order chi connectivity index (χ0) is 16.8. The molecule has 0 atom stereocenters. The summed E-state index contributed by atoms with van der Waals surface area (Å²) in [6.45, 7) is 12.8. The Morgan fingerprint density at radius 1 is 1.09 bits per heavy atom. The molecule has 2 aromatic carbocycles. The lowest BCUT2D eigenvalue weighted by molar-refractivity contribution is 1.03. The van der Waals surface area contributed by atoms with Crippen molar-refractivity contribution < 1.29 is 0 Å². The zero-order valence-electron chi connectivity index (χ0n) is 14.8. The summed E-state index contributed by atoms with van der Waals surface area (Å²) in [7, 11) is 0. The first-order valence-electron chi connectivity index (χ1n) is 8.47. The van der Waals surface area contributed by atoms with Gasteiger partial charge in [0.25, 0.3) is 0 Å². The van der Waals surface area contributed by atoms with Crippen molar-refractivity contribution in [3.63, 3.8) is 0 Å². The van der Waals surface area contributed by atoms with Gasteiger partial charge < -0.3 is 0 Å².